The zero-order valence-corrected chi connectivity index (χ0v) is 13.9. The third-order valence-corrected chi connectivity index (χ3v) is 3.71. The molecule has 0 saturated carbocycles. The molecule has 0 aromatic carbocycles. The molecule has 2 aromatic rings. The number of nitrogens with one attached hydrogen (secondary N) is 2. The number of guanidine groups is 1. The second kappa shape index (κ2) is 7.88. The van der Waals surface area contributed by atoms with E-state index >= 15 is 0 Å². The molecule has 0 amide bonds. The summed E-state index contributed by atoms with van der Waals surface area (Å²) in [5.74, 6) is 0.611. The second-order valence-corrected chi connectivity index (χ2v) is 5.47. The predicted molar refractivity (Wildman–Crippen MR) is 97.0 cm³/mol. The van der Waals surface area contributed by atoms with Crippen LogP contribution in [0.5, 0.6) is 0 Å². The van der Waals surface area contributed by atoms with Crippen LogP contribution in [0.3, 0.4) is 0 Å². The molecule has 0 bridgehead atoms. The van der Waals surface area contributed by atoms with Gasteiger partial charge in [0.2, 0.25) is 0 Å². The van der Waals surface area contributed by atoms with Crippen LogP contribution in [0.2, 0.25) is 0 Å². The van der Waals surface area contributed by atoms with Gasteiger partial charge in [0.1, 0.15) is 11.6 Å². The second-order valence-electron chi connectivity index (χ2n) is 5.47. The van der Waals surface area contributed by atoms with Gasteiger partial charge in [0.25, 0.3) is 0 Å². The summed E-state index contributed by atoms with van der Waals surface area (Å²) in [6.07, 6.45) is 6.04. The fourth-order valence-electron chi connectivity index (χ4n) is 2.43. The van der Waals surface area contributed by atoms with Crippen molar-refractivity contribution in [1.29, 1.82) is 5.26 Å². The molecule has 6 nitrogen and oxygen atoms in total. The lowest BCUT2D eigenvalue weighted by Crippen LogP contribution is -2.39. The number of allylic oxidation sites excluding steroid dienone is 2. The Balaban J connectivity index is 1.79. The molecule has 0 saturated heterocycles. The number of aromatic nitrogens is 2. The van der Waals surface area contributed by atoms with Crippen LogP contribution >= 0.6 is 0 Å². The normalized spacial score (nSPS) is 17.1. The molecule has 0 spiro atoms. The molecular formula is C19H18N6. The molecule has 3 heterocycles. The van der Waals surface area contributed by atoms with Gasteiger partial charge in [-0.1, -0.05) is 12.1 Å². The van der Waals surface area contributed by atoms with Crippen molar-refractivity contribution in [1.82, 2.24) is 20.6 Å². The third-order valence-electron chi connectivity index (χ3n) is 3.71. The van der Waals surface area contributed by atoms with E-state index in [4.69, 9.17) is 0 Å². The molecule has 1 aliphatic heterocycles. The van der Waals surface area contributed by atoms with Crippen molar-refractivity contribution in [2.24, 2.45) is 4.99 Å². The highest BCUT2D eigenvalue weighted by Crippen LogP contribution is 2.20. The summed E-state index contributed by atoms with van der Waals surface area (Å²) in [7, 11) is 0. The minimum absolute atomic E-state index is 0.494. The van der Waals surface area contributed by atoms with Gasteiger partial charge in [-0.3, -0.25) is 15.0 Å². The first-order chi connectivity index (χ1) is 12.3. The summed E-state index contributed by atoms with van der Waals surface area (Å²) >= 11 is 0. The van der Waals surface area contributed by atoms with E-state index in [0.717, 1.165) is 23.4 Å². The molecule has 0 atom stereocenters. The molecule has 0 unspecified atom stereocenters. The van der Waals surface area contributed by atoms with Crippen LogP contribution in [0.25, 0.3) is 5.57 Å². The first-order valence-electron chi connectivity index (χ1n) is 7.99. The summed E-state index contributed by atoms with van der Waals surface area (Å²) in [4.78, 5) is 13.1. The van der Waals surface area contributed by atoms with Gasteiger partial charge in [0, 0.05) is 37.3 Å². The number of rotatable bonds is 4. The van der Waals surface area contributed by atoms with Crippen molar-refractivity contribution in [2.45, 2.75) is 13.3 Å². The Hall–Kier alpha value is -3.46. The van der Waals surface area contributed by atoms with Crippen LogP contribution in [0.4, 0.5) is 0 Å². The monoisotopic (exact) mass is 330 g/mol. The zero-order valence-electron chi connectivity index (χ0n) is 13.9. The maximum absolute atomic E-state index is 9.58. The van der Waals surface area contributed by atoms with Crippen LogP contribution in [0, 0.1) is 11.3 Å². The van der Waals surface area contributed by atoms with Crippen molar-refractivity contribution in [3.63, 3.8) is 0 Å². The van der Waals surface area contributed by atoms with E-state index in [1.54, 1.807) is 12.4 Å². The van der Waals surface area contributed by atoms with Crippen LogP contribution in [0.1, 0.15) is 18.3 Å². The van der Waals surface area contributed by atoms with E-state index in [9.17, 15) is 5.26 Å². The molecule has 3 rings (SSSR count). The Bertz CT molecular complexity index is 860. The summed E-state index contributed by atoms with van der Waals surface area (Å²) in [5.41, 5.74) is 3.77. The van der Waals surface area contributed by atoms with Gasteiger partial charge >= 0.3 is 0 Å². The third kappa shape index (κ3) is 4.09. The minimum atomic E-state index is 0.494. The standard InChI is InChI=1S/C19H18N6/c1-14-13-24-19(23-11-8-15-6-2-4-9-21-15)25-18(14)16(12-20)17-7-3-5-10-22-17/h2-7,9-10,13H,8,11H2,1H3,(H2,23,24,25). The van der Waals surface area contributed by atoms with Gasteiger partial charge in [-0.25, -0.2) is 0 Å². The zero-order chi connectivity index (χ0) is 17.5. The number of pyridine rings is 2. The number of aliphatic imine (C=N–C) groups is 1. The van der Waals surface area contributed by atoms with E-state index in [1.165, 1.54) is 0 Å². The lowest BCUT2D eigenvalue weighted by Gasteiger charge is -2.21. The fraction of sp³-hybridized carbons (Fsp3) is 0.158. The molecule has 0 radical (unpaired) electrons. The molecule has 0 aliphatic carbocycles. The molecule has 0 fully saturated rings. The Morgan fingerprint density at radius 3 is 2.64 bits per heavy atom. The summed E-state index contributed by atoms with van der Waals surface area (Å²) < 4.78 is 0. The maximum atomic E-state index is 9.58. The molecule has 124 valence electrons. The van der Waals surface area contributed by atoms with Crippen molar-refractivity contribution < 1.29 is 0 Å². The first kappa shape index (κ1) is 16.4. The molecular weight excluding hydrogens is 312 g/mol. The topological polar surface area (TPSA) is 86.0 Å². The van der Waals surface area contributed by atoms with Crippen LogP contribution in [0.15, 0.2) is 71.3 Å². The molecule has 1 aliphatic rings. The number of nitrogens with zero attached hydrogens (tertiary/aromatic N) is 4. The van der Waals surface area contributed by atoms with E-state index in [2.05, 4.69) is 31.7 Å². The highest BCUT2D eigenvalue weighted by atomic mass is 15.2. The van der Waals surface area contributed by atoms with Crippen LogP contribution in [-0.4, -0.2) is 22.5 Å². The van der Waals surface area contributed by atoms with E-state index in [0.29, 0.717) is 23.8 Å². The van der Waals surface area contributed by atoms with Crippen LogP contribution in [-0.2, 0) is 6.42 Å². The Labute approximate surface area is 146 Å². The van der Waals surface area contributed by atoms with Gasteiger partial charge in [0.05, 0.1) is 11.4 Å². The average Bonchev–Trinajstić information content (AvgIpc) is 2.66. The summed E-state index contributed by atoms with van der Waals surface area (Å²) in [6.45, 7) is 2.53. The Morgan fingerprint density at radius 2 is 1.96 bits per heavy atom. The van der Waals surface area contributed by atoms with Gasteiger partial charge in [-0.05, 0) is 36.8 Å². The van der Waals surface area contributed by atoms with E-state index < -0.39 is 0 Å². The van der Waals surface area contributed by atoms with Gasteiger partial charge in [-0.15, -0.1) is 0 Å². The van der Waals surface area contributed by atoms with E-state index in [-0.39, 0.29) is 0 Å². The first-order valence-corrected chi connectivity index (χ1v) is 7.99. The number of nitriles is 1. The van der Waals surface area contributed by atoms with Crippen molar-refractivity contribution in [3.8, 4) is 6.07 Å². The lowest BCUT2D eigenvalue weighted by molar-refractivity contribution is 0.887. The quantitative estimate of drug-likeness (QED) is 0.841. The summed E-state index contributed by atoms with van der Waals surface area (Å²) in [5, 5.41) is 15.9. The minimum Gasteiger partial charge on any atom is -0.332 e. The van der Waals surface area contributed by atoms with Gasteiger partial charge < -0.3 is 10.6 Å². The average molecular weight is 330 g/mol. The van der Waals surface area contributed by atoms with Gasteiger partial charge in [-0.2, -0.15) is 5.26 Å². The molecule has 2 aromatic heterocycles. The Kier molecular flexibility index (Phi) is 5.17. The molecule has 6 heteroatoms. The Morgan fingerprint density at radius 1 is 1.16 bits per heavy atom. The molecule has 2 N–H and O–H groups in total. The maximum Gasteiger partial charge on any atom is 0.199 e. The SMILES string of the molecule is CC1=CNC(=NCCc2ccccn2)NC1=C(C#N)c1ccccn1. The number of hydrogen-bond acceptors (Lipinski definition) is 4. The van der Waals surface area contributed by atoms with E-state index in [1.807, 2.05) is 49.5 Å². The molecule has 25 heavy (non-hydrogen) atoms. The van der Waals surface area contributed by atoms with Crippen LogP contribution < -0.4 is 10.6 Å². The highest BCUT2D eigenvalue weighted by molar-refractivity contribution is 5.90. The fourth-order valence-corrected chi connectivity index (χ4v) is 2.43. The smallest absolute Gasteiger partial charge is 0.199 e. The largest absolute Gasteiger partial charge is 0.332 e. The predicted octanol–water partition coefficient (Wildman–Crippen LogP) is 2.41. The number of hydrogen-bond donors (Lipinski definition) is 2. The van der Waals surface area contributed by atoms with Gasteiger partial charge in [0.15, 0.2) is 5.96 Å². The lowest BCUT2D eigenvalue weighted by atomic mass is 10.1. The van der Waals surface area contributed by atoms with Crippen molar-refractivity contribution in [3.05, 3.63) is 77.6 Å². The van der Waals surface area contributed by atoms with Crippen molar-refractivity contribution in [2.75, 3.05) is 6.54 Å². The summed E-state index contributed by atoms with van der Waals surface area (Å²) in [6, 6.07) is 13.6. The van der Waals surface area contributed by atoms with Crippen molar-refractivity contribution >= 4 is 11.5 Å². The highest BCUT2D eigenvalue weighted by Gasteiger charge is 2.17.